The molecule has 2 amide bonds. The summed E-state index contributed by atoms with van der Waals surface area (Å²) in [4.78, 5) is 34.5. The molecule has 0 N–H and O–H groups in total. The van der Waals surface area contributed by atoms with Crippen LogP contribution in [0.1, 0.15) is 78.2 Å². The first-order valence-electron chi connectivity index (χ1n) is 9.93. The van der Waals surface area contributed by atoms with E-state index in [1.165, 1.54) is 12.8 Å². The number of aromatic nitrogens is 2. The maximum atomic E-state index is 13.0. The first-order chi connectivity index (χ1) is 12.3. The summed E-state index contributed by atoms with van der Waals surface area (Å²) in [6.45, 7) is 4.08. The van der Waals surface area contributed by atoms with Crippen molar-refractivity contribution in [2.45, 2.75) is 64.3 Å². The van der Waals surface area contributed by atoms with E-state index in [0.717, 1.165) is 83.4 Å². The molecule has 0 atom stereocenters. The maximum Gasteiger partial charge on any atom is 0.289 e. The molecule has 0 aliphatic carbocycles. The van der Waals surface area contributed by atoms with Crippen LogP contribution in [0.5, 0.6) is 0 Å². The van der Waals surface area contributed by atoms with Crippen molar-refractivity contribution in [2.24, 2.45) is 0 Å². The molecule has 4 rings (SSSR count). The number of amides is 2. The largest absolute Gasteiger partial charge is 0.337 e. The molecule has 1 aromatic rings. The van der Waals surface area contributed by atoms with Crippen LogP contribution in [0, 0.1) is 0 Å². The molecule has 0 spiro atoms. The molecule has 4 heterocycles. The number of carbonyl (C=O) groups is 2. The minimum absolute atomic E-state index is 0.0144. The van der Waals surface area contributed by atoms with Gasteiger partial charge in [0.15, 0.2) is 5.82 Å². The van der Waals surface area contributed by atoms with Crippen LogP contribution in [0.3, 0.4) is 0 Å². The Hall–Kier alpha value is -1.85. The minimum Gasteiger partial charge on any atom is -0.337 e. The molecule has 3 aliphatic rings. The smallest absolute Gasteiger partial charge is 0.289 e. The van der Waals surface area contributed by atoms with Crippen molar-refractivity contribution in [3.63, 3.8) is 0 Å². The molecular weight excluding hydrogens is 316 g/mol. The summed E-state index contributed by atoms with van der Waals surface area (Å²) in [6, 6.07) is 0. The van der Waals surface area contributed by atoms with Gasteiger partial charge in [0.2, 0.25) is 0 Å². The van der Waals surface area contributed by atoms with Gasteiger partial charge in [-0.3, -0.25) is 9.59 Å². The second kappa shape index (κ2) is 7.18. The number of piperidine rings is 2. The van der Waals surface area contributed by atoms with Gasteiger partial charge in [-0.2, -0.15) is 0 Å². The number of likely N-dealkylation sites (tertiary alicyclic amines) is 2. The second-order valence-corrected chi connectivity index (χ2v) is 7.55. The molecule has 0 unspecified atom stereocenters. The van der Waals surface area contributed by atoms with Crippen molar-refractivity contribution >= 4 is 11.8 Å². The van der Waals surface area contributed by atoms with Gasteiger partial charge in [-0.1, -0.05) is 0 Å². The summed E-state index contributed by atoms with van der Waals surface area (Å²) < 4.78 is 2.04. The highest BCUT2D eigenvalue weighted by Crippen LogP contribution is 2.25. The van der Waals surface area contributed by atoms with Crippen molar-refractivity contribution in [1.82, 2.24) is 19.4 Å². The van der Waals surface area contributed by atoms with Gasteiger partial charge in [-0.25, -0.2) is 4.98 Å². The van der Waals surface area contributed by atoms with Gasteiger partial charge in [0.25, 0.3) is 11.8 Å². The van der Waals surface area contributed by atoms with Crippen LogP contribution in [-0.2, 0) is 13.0 Å². The van der Waals surface area contributed by atoms with E-state index in [-0.39, 0.29) is 11.8 Å². The van der Waals surface area contributed by atoms with Gasteiger partial charge in [0.1, 0.15) is 5.69 Å². The first kappa shape index (κ1) is 16.6. The van der Waals surface area contributed by atoms with E-state index in [1.807, 2.05) is 14.4 Å². The molecule has 2 saturated heterocycles. The second-order valence-electron chi connectivity index (χ2n) is 7.55. The predicted octanol–water partition coefficient (Wildman–Crippen LogP) is 2.47. The van der Waals surface area contributed by atoms with Crippen LogP contribution in [0.4, 0.5) is 0 Å². The van der Waals surface area contributed by atoms with E-state index in [9.17, 15) is 9.59 Å². The summed E-state index contributed by atoms with van der Waals surface area (Å²) in [5.41, 5.74) is 1.53. The maximum absolute atomic E-state index is 13.0. The van der Waals surface area contributed by atoms with Gasteiger partial charge in [0.05, 0.1) is 5.69 Å². The lowest BCUT2D eigenvalue weighted by Crippen LogP contribution is -2.37. The lowest BCUT2D eigenvalue weighted by molar-refractivity contribution is 0.0705. The summed E-state index contributed by atoms with van der Waals surface area (Å²) in [7, 11) is 0. The highest BCUT2D eigenvalue weighted by Gasteiger charge is 2.32. The Balaban J connectivity index is 1.64. The van der Waals surface area contributed by atoms with Crippen LogP contribution in [0.25, 0.3) is 0 Å². The highest BCUT2D eigenvalue weighted by atomic mass is 16.2. The number of nitrogens with zero attached hydrogens (tertiary/aromatic N) is 4. The molecule has 1 aromatic heterocycles. The Kier molecular flexibility index (Phi) is 4.77. The summed E-state index contributed by atoms with van der Waals surface area (Å²) in [5, 5.41) is 0. The van der Waals surface area contributed by atoms with E-state index < -0.39 is 0 Å². The van der Waals surface area contributed by atoms with Crippen LogP contribution >= 0.6 is 0 Å². The Labute approximate surface area is 149 Å². The Morgan fingerprint density at radius 3 is 1.88 bits per heavy atom. The molecule has 25 heavy (non-hydrogen) atoms. The average Bonchev–Trinajstić information content (AvgIpc) is 3.08. The molecular formula is C19H28N4O2. The van der Waals surface area contributed by atoms with Gasteiger partial charge >= 0.3 is 0 Å². The van der Waals surface area contributed by atoms with E-state index >= 15 is 0 Å². The molecule has 6 heteroatoms. The number of imidazole rings is 1. The molecule has 6 nitrogen and oxygen atoms in total. The molecule has 0 aromatic carbocycles. The third kappa shape index (κ3) is 3.18. The quantitative estimate of drug-likeness (QED) is 0.828. The topological polar surface area (TPSA) is 58.4 Å². The number of carbonyl (C=O) groups excluding carboxylic acids is 2. The lowest BCUT2D eigenvalue weighted by Gasteiger charge is -2.27. The summed E-state index contributed by atoms with van der Waals surface area (Å²) in [5.74, 6) is 0.542. The van der Waals surface area contributed by atoms with Crippen molar-refractivity contribution in [1.29, 1.82) is 0 Å². The van der Waals surface area contributed by atoms with Gasteiger partial charge < -0.3 is 14.4 Å². The fourth-order valence-electron chi connectivity index (χ4n) is 4.36. The minimum atomic E-state index is 0.0144. The van der Waals surface area contributed by atoms with E-state index in [0.29, 0.717) is 11.5 Å². The normalized spacial score (nSPS) is 21.1. The SMILES string of the molecule is O=C(c1nc(C(=O)N2CCCCC2)n2c1CCCC2)N1CCCCC1. The zero-order valence-corrected chi connectivity index (χ0v) is 15.0. The average molecular weight is 344 g/mol. The molecule has 0 radical (unpaired) electrons. The van der Waals surface area contributed by atoms with Crippen LogP contribution in [0.15, 0.2) is 0 Å². The third-order valence-electron chi connectivity index (χ3n) is 5.80. The van der Waals surface area contributed by atoms with Crippen molar-refractivity contribution in [3.8, 4) is 0 Å². The van der Waals surface area contributed by atoms with Crippen molar-refractivity contribution in [3.05, 3.63) is 17.2 Å². The van der Waals surface area contributed by atoms with Gasteiger partial charge in [0, 0.05) is 32.7 Å². The zero-order valence-electron chi connectivity index (χ0n) is 15.0. The zero-order chi connectivity index (χ0) is 17.2. The fourth-order valence-corrected chi connectivity index (χ4v) is 4.36. The predicted molar refractivity (Wildman–Crippen MR) is 94.7 cm³/mol. The van der Waals surface area contributed by atoms with Crippen LogP contribution in [-0.4, -0.2) is 57.3 Å². The van der Waals surface area contributed by atoms with E-state index in [2.05, 4.69) is 4.98 Å². The number of hydrogen-bond acceptors (Lipinski definition) is 3. The first-order valence-corrected chi connectivity index (χ1v) is 9.93. The molecule has 136 valence electrons. The summed E-state index contributed by atoms with van der Waals surface area (Å²) >= 11 is 0. The standard InChI is InChI=1S/C19H28N4O2/c24-18(21-10-4-1-5-11-21)16-15-9-3-8-14-23(15)17(20-16)19(25)22-12-6-2-7-13-22/h1-14H2. The molecule has 0 saturated carbocycles. The van der Waals surface area contributed by atoms with E-state index in [1.54, 1.807) is 0 Å². The monoisotopic (exact) mass is 344 g/mol. The Bertz CT molecular complexity index is 600. The Morgan fingerprint density at radius 2 is 1.24 bits per heavy atom. The lowest BCUT2D eigenvalue weighted by atomic mass is 10.1. The highest BCUT2D eigenvalue weighted by molar-refractivity contribution is 5.97. The molecule has 3 aliphatic heterocycles. The Morgan fingerprint density at radius 1 is 0.680 bits per heavy atom. The van der Waals surface area contributed by atoms with Gasteiger partial charge in [-0.05, 0) is 57.8 Å². The van der Waals surface area contributed by atoms with E-state index in [4.69, 9.17) is 0 Å². The number of hydrogen-bond donors (Lipinski definition) is 0. The summed E-state index contributed by atoms with van der Waals surface area (Å²) in [6.07, 6.45) is 9.66. The van der Waals surface area contributed by atoms with Crippen molar-refractivity contribution < 1.29 is 9.59 Å². The fraction of sp³-hybridized carbons (Fsp3) is 0.737. The van der Waals surface area contributed by atoms with Crippen LogP contribution < -0.4 is 0 Å². The van der Waals surface area contributed by atoms with Crippen LogP contribution in [0.2, 0.25) is 0 Å². The van der Waals surface area contributed by atoms with Gasteiger partial charge in [-0.15, -0.1) is 0 Å². The van der Waals surface area contributed by atoms with Crippen molar-refractivity contribution in [2.75, 3.05) is 26.2 Å². The number of rotatable bonds is 2. The molecule has 2 fully saturated rings. The molecule has 0 bridgehead atoms. The third-order valence-corrected chi connectivity index (χ3v) is 5.80. The number of fused-ring (bicyclic) bond motifs is 1.